The van der Waals surface area contributed by atoms with Crippen LogP contribution < -0.4 is 5.32 Å². The van der Waals surface area contributed by atoms with Crippen molar-refractivity contribution in [3.63, 3.8) is 0 Å². The molecule has 0 radical (unpaired) electrons. The topological polar surface area (TPSA) is 67.2 Å². The van der Waals surface area contributed by atoms with Gasteiger partial charge >= 0.3 is 5.97 Å². The van der Waals surface area contributed by atoms with Gasteiger partial charge in [0.1, 0.15) is 0 Å². The lowest BCUT2D eigenvalue weighted by molar-refractivity contribution is 0.0697. The molecule has 5 nitrogen and oxygen atoms in total. The average molecular weight is 310 g/mol. The van der Waals surface area contributed by atoms with Gasteiger partial charge in [0.15, 0.2) is 0 Å². The highest BCUT2D eigenvalue weighted by Gasteiger charge is 2.13. The second-order valence-electron chi connectivity index (χ2n) is 3.66. The van der Waals surface area contributed by atoms with Crippen LogP contribution in [0.5, 0.6) is 0 Å². The Kier molecular flexibility index (Phi) is 3.99. The summed E-state index contributed by atoms with van der Waals surface area (Å²) in [5, 5.41) is 16.3. The molecule has 0 unspecified atom stereocenters. The molecule has 0 amide bonds. The third-order valence-corrected chi connectivity index (χ3v) is 3.10. The number of halogens is 1. The fourth-order valence-corrected chi connectivity index (χ4v) is 2.16. The maximum absolute atomic E-state index is 11.1. The van der Waals surface area contributed by atoms with Crippen LogP contribution in [0.25, 0.3) is 0 Å². The Hall–Kier alpha value is -1.82. The predicted molar refractivity (Wildman–Crippen MR) is 71.8 cm³/mol. The van der Waals surface area contributed by atoms with Crippen LogP contribution in [0.2, 0.25) is 0 Å². The highest BCUT2D eigenvalue weighted by atomic mass is 79.9. The summed E-state index contributed by atoms with van der Waals surface area (Å²) in [7, 11) is 0. The molecule has 0 saturated heterocycles. The molecule has 1 heterocycles. The van der Waals surface area contributed by atoms with E-state index in [4.69, 9.17) is 5.11 Å². The van der Waals surface area contributed by atoms with E-state index in [1.807, 2.05) is 12.3 Å². The van der Waals surface area contributed by atoms with Crippen LogP contribution in [0.15, 0.2) is 41.1 Å². The molecule has 1 aromatic carbocycles. The summed E-state index contributed by atoms with van der Waals surface area (Å²) in [5.41, 5.74) is 0.849. The Morgan fingerprint density at radius 3 is 2.94 bits per heavy atom. The molecule has 2 rings (SSSR count). The van der Waals surface area contributed by atoms with E-state index in [9.17, 15) is 4.79 Å². The first kappa shape index (κ1) is 12.6. The Balaban J connectivity index is 2.05. The van der Waals surface area contributed by atoms with Crippen LogP contribution in [0, 0.1) is 0 Å². The number of nitrogens with one attached hydrogen (secondary N) is 1. The number of carbonyl (C=O) groups is 1. The van der Waals surface area contributed by atoms with Gasteiger partial charge in [0.05, 0.1) is 12.1 Å². The van der Waals surface area contributed by atoms with Crippen molar-refractivity contribution in [3.8, 4) is 0 Å². The van der Waals surface area contributed by atoms with Crippen LogP contribution in [0.1, 0.15) is 10.4 Å². The fraction of sp³-hybridized carbons (Fsp3) is 0.167. The predicted octanol–water partition coefficient (Wildman–Crippen LogP) is 2.46. The van der Waals surface area contributed by atoms with Gasteiger partial charge in [0.25, 0.3) is 0 Å². The van der Waals surface area contributed by atoms with E-state index in [-0.39, 0.29) is 5.56 Å². The summed E-state index contributed by atoms with van der Waals surface area (Å²) in [6.07, 6.45) is 3.57. The summed E-state index contributed by atoms with van der Waals surface area (Å²) in [6.45, 7) is 1.29. The minimum atomic E-state index is -0.955. The molecule has 0 fully saturated rings. The SMILES string of the molecule is O=C(O)c1c(Br)cccc1NCCn1cccn1. The summed E-state index contributed by atoms with van der Waals surface area (Å²) in [5.74, 6) is -0.955. The van der Waals surface area contributed by atoms with Gasteiger partial charge in [-0.1, -0.05) is 6.07 Å². The number of nitrogens with zero attached hydrogens (tertiary/aromatic N) is 2. The Bertz CT molecular complexity index is 540. The quantitative estimate of drug-likeness (QED) is 0.890. The van der Waals surface area contributed by atoms with Crippen molar-refractivity contribution < 1.29 is 9.90 Å². The molecule has 18 heavy (non-hydrogen) atoms. The van der Waals surface area contributed by atoms with Crippen molar-refractivity contribution in [1.29, 1.82) is 0 Å². The lowest BCUT2D eigenvalue weighted by atomic mass is 10.2. The monoisotopic (exact) mass is 309 g/mol. The van der Waals surface area contributed by atoms with Gasteiger partial charge in [-0.3, -0.25) is 4.68 Å². The number of rotatable bonds is 5. The molecule has 2 aromatic rings. The van der Waals surface area contributed by atoms with Gasteiger partial charge in [-0.25, -0.2) is 4.79 Å². The highest BCUT2D eigenvalue weighted by Crippen LogP contribution is 2.24. The van der Waals surface area contributed by atoms with E-state index in [0.29, 0.717) is 23.2 Å². The van der Waals surface area contributed by atoms with Gasteiger partial charge in [0, 0.05) is 29.1 Å². The lowest BCUT2D eigenvalue weighted by Gasteiger charge is -2.10. The third kappa shape index (κ3) is 2.89. The van der Waals surface area contributed by atoms with Crippen LogP contribution in [-0.2, 0) is 6.54 Å². The Morgan fingerprint density at radius 2 is 2.28 bits per heavy atom. The second-order valence-corrected chi connectivity index (χ2v) is 4.52. The number of hydrogen-bond donors (Lipinski definition) is 2. The largest absolute Gasteiger partial charge is 0.478 e. The molecule has 0 bridgehead atoms. The van der Waals surface area contributed by atoms with Crippen molar-refractivity contribution in [2.45, 2.75) is 6.54 Å². The third-order valence-electron chi connectivity index (χ3n) is 2.44. The number of anilines is 1. The lowest BCUT2D eigenvalue weighted by Crippen LogP contribution is -2.13. The number of carboxylic acids is 1. The maximum Gasteiger partial charge on any atom is 0.338 e. The average Bonchev–Trinajstić information content (AvgIpc) is 2.81. The maximum atomic E-state index is 11.1. The first-order valence-electron chi connectivity index (χ1n) is 5.41. The smallest absolute Gasteiger partial charge is 0.338 e. The van der Waals surface area contributed by atoms with E-state index < -0.39 is 5.97 Å². The van der Waals surface area contributed by atoms with E-state index in [1.165, 1.54) is 0 Å². The molecule has 0 saturated carbocycles. The minimum Gasteiger partial charge on any atom is -0.478 e. The fourth-order valence-electron chi connectivity index (χ4n) is 1.63. The van der Waals surface area contributed by atoms with Crippen molar-refractivity contribution in [3.05, 3.63) is 46.7 Å². The summed E-state index contributed by atoms with van der Waals surface area (Å²) < 4.78 is 2.35. The normalized spacial score (nSPS) is 10.3. The number of benzene rings is 1. The first-order chi connectivity index (χ1) is 8.68. The molecule has 0 aliphatic heterocycles. The van der Waals surface area contributed by atoms with E-state index >= 15 is 0 Å². The summed E-state index contributed by atoms with van der Waals surface area (Å²) in [6, 6.07) is 7.11. The van der Waals surface area contributed by atoms with Crippen molar-refractivity contribution in [2.75, 3.05) is 11.9 Å². The number of carboxylic acid groups (broad SMARTS) is 1. The Morgan fingerprint density at radius 1 is 1.44 bits per heavy atom. The molecule has 6 heteroatoms. The zero-order valence-electron chi connectivity index (χ0n) is 9.51. The van der Waals surface area contributed by atoms with Crippen molar-refractivity contribution in [1.82, 2.24) is 9.78 Å². The van der Waals surface area contributed by atoms with Gasteiger partial charge in [0.2, 0.25) is 0 Å². The summed E-state index contributed by atoms with van der Waals surface area (Å²) in [4.78, 5) is 11.1. The van der Waals surface area contributed by atoms with E-state index in [0.717, 1.165) is 0 Å². The molecule has 0 aliphatic rings. The number of aromatic carboxylic acids is 1. The second kappa shape index (κ2) is 5.68. The Labute approximate surface area is 113 Å². The van der Waals surface area contributed by atoms with Gasteiger partial charge < -0.3 is 10.4 Å². The number of aromatic nitrogens is 2. The molecular formula is C12H12BrN3O2. The molecular weight excluding hydrogens is 298 g/mol. The molecule has 0 atom stereocenters. The highest BCUT2D eigenvalue weighted by molar-refractivity contribution is 9.10. The molecule has 1 aromatic heterocycles. The minimum absolute atomic E-state index is 0.248. The van der Waals surface area contributed by atoms with Crippen molar-refractivity contribution >= 4 is 27.6 Å². The molecule has 2 N–H and O–H groups in total. The number of hydrogen-bond acceptors (Lipinski definition) is 3. The standard InChI is InChI=1S/C12H12BrN3O2/c13-9-3-1-4-10(11(9)12(17)18)14-6-8-16-7-2-5-15-16/h1-5,7,14H,6,8H2,(H,17,18). The van der Waals surface area contributed by atoms with E-state index in [2.05, 4.69) is 26.3 Å². The van der Waals surface area contributed by atoms with Gasteiger partial charge in [-0.05, 0) is 34.1 Å². The molecule has 0 spiro atoms. The summed E-state index contributed by atoms with van der Waals surface area (Å²) >= 11 is 3.24. The molecule has 0 aliphatic carbocycles. The van der Waals surface area contributed by atoms with Gasteiger partial charge in [-0.2, -0.15) is 5.10 Å². The zero-order chi connectivity index (χ0) is 13.0. The van der Waals surface area contributed by atoms with Crippen molar-refractivity contribution in [2.24, 2.45) is 0 Å². The van der Waals surface area contributed by atoms with E-state index in [1.54, 1.807) is 29.1 Å². The van der Waals surface area contributed by atoms with Crippen LogP contribution in [-0.4, -0.2) is 27.4 Å². The van der Waals surface area contributed by atoms with Gasteiger partial charge in [-0.15, -0.1) is 0 Å². The zero-order valence-corrected chi connectivity index (χ0v) is 11.1. The first-order valence-corrected chi connectivity index (χ1v) is 6.21. The molecule has 94 valence electrons. The van der Waals surface area contributed by atoms with Crippen LogP contribution in [0.3, 0.4) is 0 Å². The van der Waals surface area contributed by atoms with Crippen LogP contribution >= 0.6 is 15.9 Å². The van der Waals surface area contributed by atoms with Crippen LogP contribution in [0.4, 0.5) is 5.69 Å².